The van der Waals surface area contributed by atoms with Gasteiger partial charge in [-0.25, -0.2) is 0 Å². The maximum absolute atomic E-state index is 10.4. The van der Waals surface area contributed by atoms with Crippen molar-refractivity contribution in [1.82, 2.24) is 0 Å². The van der Waals surface area contributed by atoms with E-state index in [2.05, 4.69) is 0 Å². The molecule has 0 aromatic carbocycles. The monoisotopic (exact) mass is 244 g/mol. The molecule has 16 heavy (non-hydrogen) atoms. The minimum atomic E-state index is -1.49. The second-order valence-electron chi connectivity index (χ2n) is 3.09. The third-order valence-electron chi connectivity index (χ3n) is 1.85. The van der Waals surface area contributed by atoms with E-state index in [0.29, 0.717) is 12.5 Å². The second kappa shape index (κ2) is 13.7. The summed E-state index contributed by atoms with van der Waals surface area (Å²) < 4.78 is 0. The maximum atomic E-state index is 10.4. The van der Waals surface area contributed by atoms with Crippen LogP contribution in [0.4, 0.5) is 0 Å². The first kappa shape index (κ1) is 21.9. The van der Waals surface area contributed by atoms with Crippen molar-refractivity contribution >= 4 is 11.9 Å². The van der Waals surface area contributed by atoms with Crippen LogP contribution in [0.5, 0.6) is 0 Å². The summed E-state index contributed by atoms with van der Waals surface area (Å²) in [5, 5.41) is 20.6. The van der Waals surface area contributed by atoms with Crippen LogP contribution in [-0.4, -0.2) is 11.9 Å². The Labute approximate surface area is 140 Å². The first-order chi connectivity index (χ1) is 6.57. The molecular formula is C10H14Na2O4. The third kappa shape index (κ3) is 12.7. The van der Waals surface area contributed by atoms with Gasteiger partial charge in [-0.3, -0.25) is 0 Å². The Hall–Kier alpha value is 0.680. The Bertz CT molecular complexity index is 239. The van der Waals surface area contributed by atoms with Crippen LogP contribution < -0.4 is 69.3 Å². The van der Waals surface area contributed by atoms with E-state index < -0.39 is 11.9 Å². The van der Waals surface area contributed by atoms with Crippen molar-refractivity contribution in [3.63, 3.8) is 0 Å². The van der Waals surface area contributed by atoms with E-state index in [1.54, 1.807) is 0 Å². The molecule has 0 rings (SSSR count). The standard InChI is InChI=1S/C10H16O4.2Na/c1-2-3-4-5-6-8(10(13)14)7-9(11)12;;/h7H,2-6H2,1H3,(H,11,12)(H,13,14);;/q;2*+1/p-2/b8-7-;;. The van der Waals surface area contributed by atoms with Crippen molar-refractivity contribution in [2.45, 2.75) is 39.0 Å². The van der Waals surface area contributed by atoms with E-state index in [0.717, 1.165) is 19.3 Å². The zero-order valence-corrected chi connectivity index (χ0v) is 14.2. The van der Waals surface area contributed by atoms with Gasteiger partial charge < -0.3 is 19.8 Å². The van der Waals surface area contributed by atoms with Gasteiger partial charge in [0.1, 0.15) is 0 Å². The molecule has 0 heterocycles. The minimum Gasteiger partial charge on any atom is -0.545 e. The number of unbranched alkanes of at least 4 members (excludes halogenated alkanes) is 3. The Morgan fingerprint density at radius 3 is 2.00 bits per heavy atom. The van der Waals surface area contributed by atoms with E-state index in [-0.39, 0.29) is 71.1 Å². The molecule has 0 bridgehead atoms. The van der Waals surface area contributed by atoms with Gasteiger partial charge in [0.15, 0.2) is 0 Å². The van der Waals surface area contributed by atoms with Crippen LogP contribution in [0.25, 0.3) is 0 Å². The predicted molar refractivity (Wildman–Crippen MR) is 46.9 cm³/mol. The van der Waals surface area contributed by atoms with E-state index >= 15 is 0 Å². The molecule has 0 aromatic heterocycles. The number of hydrogen-bond acceptors (Lipinski definition) is 4. The molecule has 0 radical (unpaired) electrons. The third-order valence-corrected chi connectivity index (χ3v) is 1.85. The van der Waals surface area contributed by atoms with Gasteiger partial charge in [-0.2, -0.15) is 0 Å². The van der Waals surface area contributed by atoms with Crippen LogP contribution in [0.15, 0.2) is 11.6 Å². The number of aliphatic carboxylic acids is 2. The SMILES string of the molecule is CCCCCC/C(=C/C(=O)[O-])C(=O)[O-].[Na+].[Na+]. The van der Waals surface area contributed by atoms with Crippen molar-refractivity contribution in [1.29, 1.82) is 0 Å². The zero-order valence-electron chi connectivity index (χ0n) is 10.2. The van der Waals surface area contributed by atoms with Crippen LogP contribution in [0.1, 0.15) is 39.0 Å². The zero-order chi connectivity index (χ0) is 11.0. The fraction of sp³-hybridized carbons (Fsp3) is 0.600. The molecule has 0 N–H and O–H groups in total. The normalized spacial score (nSPS) is 9.94. The van der Waals surface area contributed by atoms with Gasteiger partial charge >= 0.3 is 59.1 Å². The molecule has 80 valence electrons. The van der Waals surface area contributed by atoms with Crippen LogP contribution in [0.3, 0.4) is 0 Å². The van der Waals surface area contributed by atoms with Gasteiger partial charge in [-0.1, -0.05) is 26.2 Å². The largest absolute Gasteiger partial charge is 1.00 e. The summed E-state index contributed by atoms with van der Waals surface area (Å²) in [6, 6.07) is 0. The van der Waals surface area contributed by atoms with Crippen LogP contribution in [0.2, 0.25) is 0 Å². The van der Waals surface area contributed by atoms with Gasteiger partial charge in [0.2, 0.25) is 0 Å². The number of carboxylic acids is 2. The van der Waals surface area contributed by atoms with E-state index in [9.17, 15) is 19.8 Å². The first-order valence-electron chi connectivity index (χ1n) is 4.70. The molecule has 0 aliphatic carbocycles. The van der Waals surface area contributed by atoms with Crippen molar-refractivity contribution < 1.29 is 78.9 Å². The molecular weight excluding hydrogens is 230 g/mol. The van der Waals surface area contributed by atoms with Gasteiger partial charge in [0, 0.05) is 0 Å². The summed E-state index contributed by atoms with van der Waals surface area (Å²) in [6.45, 7) is 2.04. The van der Waals surface area contributed by atoms with E-state index in [4.69, 9.17) is 0 Å². The van der Waals surface area contributed by atoms with Crippen LogP contribution in [0, 0.1) is 0 Å². The molecule has 0 unspecified atom stereocenters. The minimum absolute atomic E-state index is 0. The van der Waals surface area contributed by atoms with Gasteiger partial charge in [0.25, 0.3) is 0 Å². The van der Waals surface area contributed by atoms with E-state index in [1.807, 2.05) is 6.92 Å². The number of carboxylic acid groups (broad SMARTS) is 2. The molecule has 0 aromatic rings. The number of carbonyl (C=O) groups is 2. The molecule has 4 nitrogen and oxygen atoms in total. The van der Waals surface area contributed by atoms with Gasteiger partial charge in [-0.05, 0) is 24.5 Å². The van der Waals surface area contributed by atoms with Gasteiger partial charge in [-0.15, -0.1) is 0 Å². The van der Waals surface area contributed by atoms with Crippen molar-refractivity contribution in [2.24, 2.45) is 0 Å². The number of rotatable bonds is 7. The molecule has 0 fully saturated rings. The predicted octanol–water partition coefficient (Wildman–Crippen LogP) is -6.61. The summed E-state index contributed by atoms with van der Waals surface area (Å²) in [5.41, 5.74) is -0.193. The summed E-state index contributed by atoms with van der Waals surface area (Å²) in [4.78, 5) is 20.6. The number of hydrogen-bond donors (Lipinski definition) is 0. The molecule has 0 saturated heterocycles. The fourth-order valence-corrected chi connectivity index (χ4v) is 1.12. The molecule has 0 saturated carbocycles. The molecule has 0 atom stereocenters. The molecule has 0 amide bonds. The van der Waals surface area contributed by atoms with Crippen molar-refractivity contribution in [2.75, 3.05) is 0 Å². The Morgan fingerprint density at radius 2 is 1.62 bits per heavy atom. The summed E-state index contributed by atoms with van der Waals surface area (Å²) >= 11 is 0. The molecule has 0 aliphatic heterocycles. The van der Waals surface area contributed by atoms with Crippen LogP contribution >= 0.6 is 0 Å². The quantitative estimate of drug-likeness (QED) is 0.253. The van der Waals surface area contributed by atoms with Crippen LogP contribution in [-0.2, 0) is 9.59 Å². The topological polar surface area (TPSA) is 80.3 Å². The molecule has 0 spiro atoms. The van der Waals surface area contributed by atoms with E-state index in [1.165, 1.54) is 0 Å². The number of carbonyl (C=O) groups excluding carboxylic acids is 2. The van der Waals surface area contributed by atoms with Crippen molar-refractivity contribution in [3.05, 3.63) is 11.6 Å². The Kier molecular flexibility index (Phi) is 18.8. The average molecular weight is 244 g/mol. The summed E-state index contributed by atoms with van der Waals surface area (Å²) in [7, 11) is 0. The Balaban J connectivity index is -0.000000845. The summed E-state index contributed by atoms with van der Waals surface area (Å²) in [5.74, 6) is -2.91. The molecule has 0 aliphatic rings. The molecule has 6 heteroatoms. The van der Waals surface area contributed by atoms with Gasteiger partial charge in [0.05, 0.1) is 11.9 Å². The fourth-order valence-electron chi connectivity index (χ4n) is 1.12. The summed E-state index contributed by atoms with van der Waals surface area (Å²) in [6.07, 6.45) is 4.46. The smallest absolute Gasteiger partial charge is 0.545 e. The van der Waals surface area contributed by atoms with Crippen molar-refractivity contribution in [3.8, 4) is 0 Å². The first-order valence-corrected chi connectivity index (χ1v) is 4.70. The average Bonchev–Trinajstić information content (AvgIpc) is 2.09. The second-order valence-corrected chi connectivity index (χ2v) is 3.09. The Morgan fingerprint density at radius 1 is 1.06 bits per heavy atom. The maximum Gasteiger partial charge on any atom is 1.00 e.